The zero-order chi connectivity index (χ0) is 8.10. The molecular weight excluding hydrogens is 176 g/mol. The Labute approximate surface area is 77.1 Å². The lowest BCUT2D eigenvalue weighted by Crippen LogP contribution is -1.93. The number of ether oxygens (including phenoxy) is 1. The van der Waals surface area contributed by atoms with Crippen LogP contribution in [0.5, 0.6) is 0 Å². The molecule has 0 spiro atoms. The quantitative estimate of drug-likeness (QED) is 0.663. The summed E-state index contributed by atoms with van der Waals surface area (Å²) in [5.41, 5.74) is 0.162. The van der Waals surface area contributed by atoms with Crippen molar-refractivity contribution in [3.8, 4) is 0 Å². The number of carbonyl (C=O) groups excluding carboxylic acids is 1. The summed E-state index contributed by atoms with van der Waals surface area (Å²) < 4.78 is 4.55. The van der Waals surface area contributed by atoms with Gasteiger partial charge in [-0.2, -0.15) is 0 Å². The number of hydrogen-bond acceptors (Lipinski definition) is 2. The maximum absolute atomic E-state index is 10.2. The molecule has 0 fully saturated rings. The molecule has 0 aromatic heterocycles. The van der Waals surface area contributed by atoms with E-state index in [0.29, 0.717) is 0 Å². The lowest BCUT2D eigenvalue weighted by molar-refractivity contribution is 0.167. The molecule has 1 rings (SSSR count). The van der Waals surface area contributed by atoms with Gasteiger partial charge in [0.1, 0.15) is 6.61 Å². The van der Waals surface area contributed by atoms with Crippen molar-refractivity contribution in [2.75, 3.05) is 0 Å². The van der Waals surface area contributed by atoms with Crippen molar-refractivity contribution in [2.45, 2.75) is 14.0 Å². The average molecular weight is 187 g/mol. The third kappa shape index (κ3) is 3.98. The minimum absolute atomic E-state index is 0. The first-order chi connectivity index (χ1) is 5.29. The van der Waals surface area contributed by atoms with Crippen LogP contribution >= 0.6 is 11.6 Å². The Morgan fingerprint density at radius 1 is 1.33 bits per heavy atom. The third-order valence-corrected chi connectivity index (χ3v) is 1.30. The first kappa shape index (κ1) is 11.0. The maximum Gasteiger partial charge on any atom is 0.404 e. The van der Waals surface area contributed by atoms with Gasteiger partial charge in [0.25, 0.3) is 0 Å². The predicted octanol–water partition coefficient (Wildman–Crippen LogP) is 3.20. The van der Waals surface area contributed by atoms with Crippen molar-refractivity contribution in [1.82, 2.24) is 0 Å². The molecule has 2 nitrogen and oxygen atoms in total. The molecule has 0 saturated carbocycles. The Morgan fingerprint density at radius 2 is 1.92 bits per heavy atom. The Bertz CT molecular complexity index is 234. The summed E-state index contributed by atoms with van der Waals surface area (Å²) in [5.74, 6) is 0. The van der Waals surface area contributed by atoms with Crippen LogP contribution in [0.4, 0.5) is 4.79 Å². The fourth-order valence-electron chi connectivity index (χ4n) is 0.714. The van der Waals surface area contributed by atoms with E-state index in [1.54, 1.807) is 0 Å². The van der Waals surface area contributed by atoms with E-state index < -0.39 is 5.43 Å². The monoisotopic (exact) mass is 186 g/mol. The first-order valence-corrected chi connectivity index (χ1v) is 3.53. The molecule has 0 unspecified atom stereocenters. The predicted molar refractivity (Wildman–Crippen MR) is 49.2 cm³/mol. The largest absolute Gasteiger partial charge is 0.449 e. The van der Waals surface area contributed by atoms with Crippen LogP contribution in [-0.4, -0.2) is 5.43 Å². The molecule has 0 amide bonds. The molecule has 3 heteroatoms. The number of benzene rings is 1. The van der Waals surface area contributed by atoms with Crippen LogP contribution in [-0.2, 0) is 11.3 Å². The minimum atomic E-state index is -0.770. The summed E-state index contributed by atoms with van der Waals surface area (Å²) in [6, 6.07) is 9.36. The second-order valence-corrected chi connectivity index (χ2v) is 2.32. The number of carbonyl (C=O) groups is 1. The van der Waals surface area contributed by atoms with Crippen LogP contribution in [0.15, 0.2) is 30.3 Å². The van der Waals surface area contributed by atoms with Crippen molar-refractivity contribution < 1.29 is 9.53 Å². The van der Waals surface area contributed by atoms with Gasteiger partial charge in [0.05, 0.1) is 0 Å². The van der Waals surface area contributed by atoms with Gasteiger partial charge in [-0.05, 0) is 5.56 Å². The highest BCUT2D eigenvalue weighted by Gasteiger charge is 1.95. The van der Waals surface area contributed by atoms with Gasteiger partial charge < -0.3 is 4.74 Å². The minimum Gasteiger partial charge on any atom is -0.449 e. The smallest absolute Gasteiger partial charge is 0.404 e. The normalized spacial score (nSPS) is 8.42. The lowest BCUT2D eigenvalue weighted by atomic mass is 10.2. The molecule has 66 valence electrons. The zero-order valence-corrected chi connectivity index (χ0v) is 6.54. The van der Waals surface area contributed by atoms with Crippen molar-refractivity contribution in [1.29, 1.82) is 0 Å². The van der Waals surface area contributed by atoms with Crippen LogP contribution < -0.4 is 0 Å². The number of halogens is 1. The fourth-order valence-corrected chi connectivity index (χ4v) is 0.769. The SMILES string of the molecule is C.O=C(Cl)OCc1ccccc1. The van der Waals surface area contributed by atoms with Gasteiger partial charge in [-0.15, -0.1) is 0 Å². The summed E-state index contributed by atoms with van der Waals surface area (Å²) in [7, 11) is 0. The summed E-state index contributed by atoms with van der Waals surface area (Å²) >= 11 is 4.97. The van der Waals surface area contributed by atoms with Crippen molar-refractivity contribution >= 4 is 17.0 Å². The Morgan fingerprint density at radius 3 is 2.42 bits per heavy atom. The molecule has 1 aromatic carbocycles. The summed E-state index contributed by atoms with van der Waals surface area (Å²) in [6.45, 7) is 0.239. The molecule has 0 saturated heterocycles. The van der Waals surface area contributed by atoms with Crippen molar-refractivity contribution in [2.24, 2.45) is 0 Å². The third-order valence-electron chi connectivity index (χ3n) is 1.20. The Balaban J connectivity index is 0.00000121. The van der Waals surface area contributed by atoms with Crippen molar-refractivity contribution in [3.63, 3.8) is 0 Å². The molecule has 0 radical (unpaired) electrons. The van der Waals surface area contributed by atoms with Gasteiger partial charge in [-0.1, -0.05) is 37.8 Å². The lowest BCUT2D eigenvalue weighted by Gasteiger charge is -1.98. The van der Waals surface area contributed by atoms with Gasteiger partial charge in [-0.3, -0.25) is 0 Å². The fraction of sp³-hybridized carbons (Fsp3) is 0.222. The van der Waals surface area contributed by atoms with Crippen LogP contribution in [0.1, 0.15) is 13.0 Å². The molecule has 0 aliphatic rings. The topological polar surface area (TPSA) is 26.3 Å². The van der Waals surface area contributed by atoms with Gasteiger partial charge in [0.15, 0.2) is 0 Å². The zero-order valence-electron chi connectivity index (χ0n) is 5.79. The molecule has 0 heterocycles. The van der Waals surface area contributed by atoms with Crippen LogP contribution in [0.2, 0.25) is 0 Å². The standard InChI is InChI=1S/C8H7ClO2.CH4/c9-8(10)11-6-7-4-2-1-3-5-7;/h1-5H,6H2;1H4. The molecule has 0 N–H and O–H groups in total. The highest BCUT2D eigenvalue weighted by atomic mass is 35.5. The van der Waals surface area contributed by atoms with Gasteiger partial charge >= 0.3 is 5.43 Å². The van der Waals surface area contributed by atoms with E-state index in [-0.39, 0.29) is 14.0 Å². The van der Waals surface area contributed by atoms with E-state index in [4.69, 9.17) is 11.6 Å². The van der Waals surface area contributed by atoms with E-state index in [1.165, 1.54) is 0 Å². The Kier molecular flexibility index (Phi) is 5.13. The highest BCUT2D eigenvalue weighted by Crippen LogP contribution is 2.01. The van der Waals surface area contributed by atoms with Crippen LogP contribution in [0, 0.1) is 0 Å². The van der Waals surface area contributed by atoms with E-state index in [9.17, 15) is 4.79 Å². The van der Waals surface area contributed by atoms with Gasteiger partial charge in [0, 0.05) is 11.6 Å². The first-order valence-electron chi connectivity index (χ1n) is 3.15. The molecule has 12 heavy (non-hydrogen) atoms. The van der Waals surface area contributed by atoms with Gasteiger partial charge in [-0.25, -0.2) is 4.79 Å². The second kappa shape index (κ2) is 5.61. The van der Waals surface area contributed by atoms with E-state index >= 15 is 0 Å². The van der Waals surface area contributed by atoms with Crippen molar-refractivity contribution in [3.05, 3.63) is 35.9 Å². The maximum atomic E-state index is 10.2. The molecule has 0 atom stereocenters. The molecule has 0 aliphatic heterocycles. The average Bonchev–Trinajstić information content (AvgIpc) is 2.03. The number of rotatable bonds is 2. The molecular formula is C9H11ClO2. The summed E-state index contributed by atoms with van der Waals surface area (Å²) in [5, 5.41) is 0. The highest BCUT2D eigenvalue weighted by molar-refractivity contribution is 6.61. The van der Waals surface area contributed by atoms with Crippen LogP contribution in [0.3, 0.4) is 0 Å². The molecule has 0 aliphatic carbocycles. The van der Waals surface area contributed by atoms with Gasteiger partial charge in [0.2, 0.25) is 0 Å². The Hall–Kier alpha value is -1.02. The second-order valence-electron chi connectivity index (χ2n) is 2.01. The van der Waals surface area contributed by atoms with E-state index in [1.807, 2.05) is 30.3 Å². The molecule has 0 bridgehead atoms. The summed E-state index contributed by atoms with van der Waals surface area (Å²) in [4.78, 5) is 10.2. The number of hydrogen-bond donors (Lipinski definition) is 0. The van der Waals surface area contributed by atoms with E-state index in [2.05, 4.69) is 4.74 Å². The molecule has 1 aromatic rings. The van der Waals surface area contributed by atoms with E-state index in [0.717, 1.165) is 5.56 Å². The summed E-state index contributed by atoms with van der Waals surface area (Å²) in [6.07, 6.45) is 0. The van der Waals surface area contributed by atoms with Crippen LogP contribution in [0.25, 0.3) is 0 Å².